The number of rotatable bonds is 6. The second-order valence-corrected chi connectivity index (χ2v) is 7.17. The van der Waals surface area contributed by atoms with Gasteiger partial charge in [0, 0.05) is 30.7 Å². The third-order valence-corrected chi connectivity index (χ3v) is 5.09. The average molecular weight is 311 g/mol. The summed E-state index contributed by atoms with van der Waals surface area (Å²) in [5, 5.41) is 4.84. The molecule has 6 heteroatoms. The van der Waals surface area contributed by atoms with E-state index in [4.69, 9.17) is 4.74 Å². The smallest absolute Gasteiger partial charge is 0.326 e. The predicted octanol–water partition coefficient (Wildman–Crippen LogP) is 2.36. The van der Waals surface area contributed by atoms with Gasteiger partial charge in [-0.1, -0.05) is 11.8 Å². The molecule has 2 unspecified atom stereocenters. The standard InChI is InChI=1S/C15H25N3O2S/c1-5-20-13(19)15(17-11(2)3)7-6-12(10-15)21-14-16-8-9-18(14)4/h8-9,11-12,17H,5-7,10H2,1-4H3. The van der Waals surface area contributed by atoms with Gasteiger partial charge in [0.05, 0.1) is 6.61 Å². The number of hydrogen-bond acceptors (Lipinski definition) is 5. The van der Waals surface area contributed by atoms with Crippen LogP contribution in [-0.4, -0.2) is 39.0 Å². The number of ether oxygens (including phenoxy) is 1. The highest BCUT2D eigenvalue weighted by atomic mass is 32.2. The van der Waals surface area contributed by atoms with E-state index in [-0.39, 0.29) is 12.0 Å². The maximum absolute atomic E-state index is 12.4. The van der Waals surface area contributed by atoms with Gasteiger partial charge in [0.25, 0.3) is 0 Å². The lowest BCUT2D eigenvalue weighted by molar-refractivity contribution is -0.151. The van der Waals surface area contributed by atoms with Crippen molar-refractivity contribution in [3.05, 3.63) is 12.4 Å². The van der Waals surface area contributed by atoms with Crippen LogP contribution >= 0.6 is 11.8 Å². The van der Waals surface area contributed by atoms with Crippen molar-refractivity contribution in [2.75, 3.05) is 6.61 Å². The summed E-state index contributed by atoms with van der Waals surface area (Å²) in [6.07, 6.45) is 6.37. The molecule has 0 bridgehead atoms. The van der Waals surface area contributed by atoms with Crippen LogP contribution in [0.15, 0.2) is 17.6 Å². The molecule has 1 saturated carbocycles. The maximum Gasteiger partial charge on any atom is 0.326 e. The Morgan fingerprint density at radius 3 is 3.00 bits per heavy atom. The summed E-state index contributed by atoms with van der Waals surface area (Å²) in [7, 11) is 2.00. The SMILES string of the molecule is CCOC(=O)C1(NC(C)C)CCC(Sc2nccn2C)C1. The van der Waals surface area contributed by atoms with Crippen molar-refractivity contribution in [2.24, 2.45) is 7.05 Å². The zero-order chi connectivity index (χ0) is 15.5. The van der Waals surface area contributed by atoms with E-state index in [0.29, 0.717) is 11.9 Å². The Morgan fingerprint density at radius 1 is 1.67 bits per heavy atom. The first kappa shape index (κ1) is 16.4. The lowest BCUT2D eigenvalue weighted by Crippen LogP contribution is -2.54. The Kier molecular flexibility index (Phi) is 5.32. The van der Waals surface area contributed by atoms with Crippen LogP contribution < -0.4 is 5.32 Å². The maximum atomic E-state index is 12.4. The van der Waals surface area contributed by atoms with Gasteiger partial charge in [0.2, 0.25) is 0 Å². The van der Waals surface area contributed by atoms with E-state index in [1.54, 1.807) is 11.8 Å². The van der Waals surface area contributed by atoms with Gasteiger partial charge >= 0.3 is 5.97 Å². The second-order valence-electron chi connectivity index (χ2n) is 5.90. The molecule has 118 valence electrons. The molecule has 21 heavy (non-hydrogen) atoms. The van der Waals surface area contributed by atoms with Crippen LogP contribution in [0.2, 0.25) is 0 Å². The van der Waals surface area contributed by atoms with E-state index >= 15 is 0 Å². The molecule has 1 fully saturated rings. The van der Waals surface area contributed by atoms with E-state index in [9.17, 15) is 4.79 Å². The fourth-order valence-corrected chi connectivity index (χ4v) is 4.16. The molecule has 0 amide bonds. The van der Waals surface area contributed by atoms with Gasteiger partial charge < -0.3 is 9.30 Å². The summed E-state index contributed by atoms with van der Waals surface area (Å²) >= 11 is 1.75. The lowest BCUT2D eigenvalue weighted by Gasteiger charge is -2.30. The van der Waals surface area contributed by atoms with Crippen LogP contribution in [0.3, 0.4) is 0 Å². The number of aromatic nitrogens is 2. The molecule has 5 nitrogen and oxygen atoms in total. The summed E-state index contributed by atoms with van der Waals surface area (Å²) in [5.74, 6) is -0.110. The summed E-state index contributed by atoms with van der Waals surface area (Å²) < 4.78 is 7.32. The van der Waals surface area contributed by atoms with Gasteiger partial charge in [0.15, 0.2) is 5.16 Å². The third kappa shape index (κ3) is 3.80. The third-order valence-electron chi connectivity index (χ3n) is 3.75. The fraction of sp³-hybridized carbons (Fsp3) is 0.733. The molecule has 1 N–H and O–H groups in total. The van der Waals surface area contributed by atoms with E-state index in [0.717, 1.165) is 24.4 Å². The molecule has 1 aromatic rings. The van der Waals surface area contributed by atoms with Crippen molar-refractivity contribution in [3.63, 3.8) is 0 Å². The number of carbonyl (C=O) groups is 1. The molecule has 0 aromatic carbocycles. The molecule has 1 aliphatic rings. The van der Waals surface area contributed by atoms with Crippen molar-refractivity contribution >= 4 is 17.7 Å². The summed E-state index contributed by atoms with van der Waals surface area (Å²) in [4.78, 5) is 16.8. The first-order valence-corrected chi connectivity index (χ1v) is 8.43. The van der Waals surface area contributed by atoms with Gasteiger partial charge in [0.1, 0.15) is 5.54 Å². The van der Waals surface area contributed by atoms with Crippen LogP contribution in [0, 0.1) is 0 Å². The molecule has 2 atom stereocenters. The largest absolute Gasteiger partial charge is 0.465 e. The van der Waals surface area contributed by atoms with Crippen molar-refractivity contribution in [1.29, 1.82) is 0 Å². The van der Waals surface area contributed by atoms with Gasteiger partial charge in [-0.2, -0.15) is 0 Å². The van der Waals surface area contributed by atoms with Crippen LogP contribution in [0.5, 0.6) is 0 Å². The van der Waals surface area contributed by atoms with E-state index in [2.05, 4.69) is 24.1 Å². The van der Waals surface area contributed by atoms with Crippen LogP contribution in [-0.2, 0) is 16.6 Å². The van der Waals surface area contributed by atoms with Gasteiger partial charge in [-0.05, 0) is 40.0 Å². The fourth-order valence-electron chi connectivity index (χ4n) is 2.91. The molecular weight excluding hydrogens is 286 g/mol. The number of carbonyl (C=O) groups excluding carboxylic acids is 1. The Hall–Kier alpha value is -1.01. The van der Waals surface area contributed by atoms with Crippen molar-refractivity contribution in [2.45, 2.75) is 62.0 Å². The second kappa shape index (κ2) is 6.83. The molecule has 0 spiro atoms. The lowest BCUT2D eigenvalue weighted by atomic mass is 9.96. The van der Waals surface area contributed by atoms with E-state index in [1.165, 1.54) is 0 Å². The number of imidazole rings is 1. The first-order chi connectivity index (χ1) is 9.97. The van der Waals surface area contributed by atoms with Crippen molar-refractivity contribution in [3.8, 4) is 0 Å². The zero-order valence-corrected chi connectivity index (χ0v) is 14.1. The molecular formula is C15H25N3O2S. The number of hydrogen-bond donors (Lipinski definition) is 1. The first-order valence-electron chi connectivity index (χ1n) is 7.55. The normalized spacial score (nSPS) is 25.5. The minimum atomic E-state index is -0.535. The van der Waals surface area contributed by atoms with Crippen molar-refractivity contribution in [1.82, 2.24) is 14.9 Å². The Balaban J connectivity index is 2.07. The molecule has 1 aromatic heterocycles. The summed E-state index contributed by atoms with van der Waals surface area (Å²) in [5.41, 5.74) is -0.535. The number of aryl methyl sites for hydroxylation is 1. The van der Waals surface area contributed by atoms with Crippen molar-refractivity contribution < 1.29 is 9.53 Å². The minimum Gasteiger partial charge on any atom is -0.465 e. The summed E-state index contributed by atoms with van der Waals surface area (Å²) in [6, 6.07) is 0.256. The molecule has 2 rings (SSSR count). The van der Waals surface area contributed by atoms with Gasteiger partial charge in [-0.15, -0.1) is 0 Å². The predicted molar refractivity (Wildman–Crippen MR) is 84.3 cm³/mol. The highest BCUT2D eigenvalue weighted by Crippen LogP contribution is 2.40. The highest BCUT2D eigenvalue weighted by Gasteiger charge is 2.47. The van der Waals surface area contributed by atoms with Crippen LogP contribution in [0.1, 0.15) is 40.0 Å². The molecule has 0 aliphatic heterocycles. The Bertz CT molecular complexity index is 489. The highest BCUT2D eigenvalue weighted by molar-refractivity contribution is 7.99. The molecule has 1 heterocycles. The van der Waals surface area contributed by atoms with Crippen LogP contribution in [0.4, 0.5) is 0 Å². The zero-order valence-electron chi connectivity index (χ0n) is 13.3. The van der Waals surface area contributed by atoms with Gasteiger partial charge in [-0.3, -0.25) is 10.1 Å². The minimum absolute atomic E-state index is 0.110. The number of thioether (sulfide) groups is 1. The topological polar surface area (TPSA) is 56.1 Å². The molecule has 0 saturated heterocycles. The number of nitrogens with one attached hydrogen (secondary N) is 1. The Morgan fingerprint density at radius 2 is 2.43 bits per heavy atom. The van der Waals surface area contributed by atoms with Crippen LogP contribution in [0.25, 0.3) is 0 Å². The van der Waals surface area contributed by atoms with E-state index < -0.39 is 5.54 Å². The number of nitrogens with zero attached hydrogens (tertiary/aromatic N) is 2. The quantitative estimate of drug-likeness (QED) is 0.817. The summed E-state index contributed by atoms with van der Waals surface area (Å²) in [6.45, 7) is 6.42. The average Bonchev–Trinajstić information content (AvgIpc) is 2.98. The molecule has 1 aliphatic carbocycles. The van der Waals surface area contributed by atoms with E-state index in [1.807, 2.05) is 30.9 Å². The molecule has 0 radical (unpaired) electrons. The monoisotopic (exact) mass is 311 g/mol. The Labute approximate surface area is 130 Å². The number of esters is 1. The van der Waals surface area contributed by atoms with Gasteiger partial charge in [-0.25, -0.2) is 4.98 Å².